The Morgan fingerprint density at radius 3 is 0.745 bits per heavy atom. The van der Waals surface area contributed by atoms with Crippen molar-refractivity contribution in [1.82, 2.24) is 0 Å². The summed E-state index contributed by atoms with van der Waals surface area (Å²) in [6.45, 7) is 4.69. The van der Waals surface area contributed by atoms with E-state index >= 15 is 0 Å². The third-order valence-electron chi connectivity index (χ3n) is 17.5. The van der Waals surface area contributed by atoms with Crippen LogP contribution in [0.1, 0.15) is 349 Å². The Hall–Kier alpha value is -4.54. The van der Waals surface area contributed by atoms with Crippen LogP contribution < -0.4 is 0 Å². The zero-order valence-corrected chi connectivity index (χ0v) is 68.6. The number of allylic oxidation sites excluding steroid dienone is 20. The van der Waals surface area contributed by atoms with E-state index < -0.39 is 97.5 Å². The fourth-order valence-electron chi connectivity index (χ4n) is 11.1. The van der Waals surface area contributed by atoms with E-state index in [-0.39, 0.29) is 25.7 Å². The van der Waals surface area contributed by atoms with Crippen LogP contribution in [0.25, 0.3) is 0 Å². The van der Waals surface area contributed by atoms with Crippen LogP contribution >= 0.6 is 15.6 Å². The summed E-state index contributed by atoms with van der Waals surface area (Å²) in [4.78, 5) is 73.0. The summed E-state index contributed by atoms with van der Waals surface area (Å²) in [6, 6.07) is 0. The van der Waals surface area contributed by atoms with Gasteiger partial charge in [0.2, 0.25) is 0 Å². The van der Waals surface area contributed by atoms with E-state index in [2.05, 4.69) is 113 Å². The number of unbranched alkanes of at least 4 members (excludes halogenated alkanes) is 32. The minimum absolute atomic E-state index is 0.0299. The lowest BCUT2D eigenvalue weighted by Crippen LogP contribution is -2.30. The minimum Gasteiger partial charge on any atom is -0.462 e. The average Bonchev–Trinajstić information content (AvgIpc) is 0.937. The molecule has 0 aromatic heterocycles. The first-order chi connectivity index (χ1) is 51.7. The van der Waals surface area contributed by atoms with Gasteiger partial charge >= 0.3 is 39.5 Å². The Morgan fingerprint density at radius 1 is 0.264 bits per heavy atom. The third-order valence-corrected chi connectivity index (χ3v) is 19.4. The van der Waals surface area contributed by atoms with E-state index in [4.69, 9.17) is 37.0 Å². The molecule has 0 spiro atoms. The number of ether oxygens (including phenoxy) is 4. The van der Waals surface area contributed by atoms with Gasteiger partial charge in [0.05, 0.1) is 26.4 Å². The molecule has 0 aliphatic rings. The van der Waals surface area contributed by atoms with Gasteiger partial charge in [-0.25, -0.2) is 9.13 Å². The molecule has 0 aliphatic heterocycles. The zero-order chi connectivity index (χ0) is 77.4. The molecule has 3 N–H and O–H groups in total. The van der Waals surface area contributed by atoms with Gasteiger partial charge in [0, 0.05) is 25.7 Å². The van der Waals surface area contributed by atoms with Crippen molar-refractivity contribution in [2.45, 2.75) is 367 Å². The molecule has 0 aromatic carbocycles. The molecule has 19 heteroatoms. The molecule has 0 radical (unpaired) electrons. The quantitative estimate of drug-likeness (QED) is 0.0169. The molecule has 2 unspecified atom stereocenters. The van der Waals surface area contributed by atoms with Crippen LogP contribution in [0.3, 0.4) is 0 Å². The second kappa shape index (κ2) is 78.6. The lowest BCUT2D eigenvalue weighted by molar-refractivity contribution is -0.161. The fraction of sp³-hybridized carbons (Fsp3) is 0.724. The van der Waals surface area contributed by atoms with Gasteiger partial charge in [-0.1, -0.05) is 342 Å². The summed E-state index contributed by atoms with van der Waals surface area (Å²) in [7, 11) is -10.0. The molecule has 0 aromatic rings. The number of carbonyl (C=O) groups excluding carboxylic acids is 4. The molecule has 106 heavy (non-hydrogen) atoms. The largest absolute Gasteiger partial charge is 0.472 e. The monoisotopic (exact) mass is 1530 g/mol. The van der Waals surface area contributed by atoms with Crippen LogP contribution in [-0.4, -0.2) is 96.7 Å². The SMILES string of the molecule is CCCCC/C=C\C/C=C\C/C=C\C/C=C\C/C=C\CCC(=O)O[C@H](COC(=O)CCCCCCCCCCCCCCC)COP(=O)(O)OC[C@H](O)COP(=O)(O)OC[C@@H](COC(=O)CCCCCCCCCCCCCCCCC)OC(=O)CC/C=C\C/C=C\C/C=C\C/C=C\C/C=C\CCCCC. The number of hydrogen-bond donors (Lipinski definition) is 3. The predicted octanol–water partition coefficient (Wildman–Crippen LogP) is 24.7. The molecule has 0 amide bonds. The second-order valence-corrected chi connectivity index (χ2v) is 30.6. The van der Waals surface area contributed by atoms with Crippen molar-refractivity contribution in [1.29, 1.82) is 0 Å². The molecule has 610 valence electrons. The second-order valence-electron chi connectivity index (χ2n) is 27.7. The van der Waals surface area contributed by atoms with Crippen molar-refractivity contribution in [3.8, 4) is 0 Å². The summed E-state index contributed by atoms with van der Waals surface area (Å²) in [5.41, 5.74) is 0. The van der Waals surface area contributed by atoms with E-state index in [0.717, 1.165) is 103 Å². The molecule has 17 nitrogen and oxygen atoms in total. The number of hydrogen-bond acceptors (Lipinski definition) is 15. The van der Waals surface area contributed by atoms with Crippen molar-refractivity contribution >= 4 is 39.5 Å². The molecule has 0 rings (SSSR count). The van der Waals surface area contributed by atoms with Crippen LogP contribution in [0, 0.1) is 0 Å². The van der Waals surface area contributed by atoms with Gasteiger partial charge in [-0.2, -0.15) is 0 Å². The molecule has 0 bridgehead atoms. The van der Waals surface area contributed by atoms with E-state index in [1.807, 2.05) is 36.5 Å². The molecule has 0 fully saturated rings. The van der Waals surface area contributed by atoms with Crippen LogP contribution in [0.4, 0.5) is 0 Å². The summed E-state index contributed by atoms with van der Waals surface area (Å²) in [6.07, 6.45) is 87.7. The Morgan fingerprint density at radius 2 is 0.481 bits per heavy atom. The van der Waals surface area contributed by atoms with E-state index in [9.17, 15) is 43.2 Å². The number of rotatable bonds is 78. The highest BCUT2D eigenvalue weighted by Gasteiger charge is 2.30. The van der Waals surface area contributed by atoms with Gasteiger partial charge < -0.3 is 33.8 Å². The maximum absolute atomic E-state index is 13.1. The van der Waals surface area contributed by atoms with Crippen molar-refractivity contribution in [3.05, 3.63) is 122 Å². The summed E-state index contributed by atoms with van der Waals surface area (Å²) in [5, 5.41) is 10.7. The topological polar surface area (TPSA) is 237 Å². The standard InChI is InChI=1S/C87H150O17P2/c1-5-9-13-17-21-25-29-33-36-38-40-42-45-49-53-57-61-65-69-73-86(91)103-82(77-97-84(89)71-67-63-59-55-51-47-32-28-24-20-16-12-8-4)79-101-105(93,94)99-75-81(88)76-100-106(95,96)102-80-83(78-98-85(90)72-68-64-60-56-52-48-44-35-31-27-23-19-15-11-7-3)104-87(92)74-70-66-62-58-54-50-46-43-41-39-37-34-30-26-22-18-14-10-6-2/h21-22,25-26,33-34,36-37,40-43,49-50,53-54,61-62,65-66,81-83,88H,5-20,23-24,27-32,35,38-39,44-48,51-52,55-60,63-64,67-80H2,1-4H3,(H,93,94)(H,95,96)/b25-21-,26-22-,36-33-,37-34-,42-40-,43-41-,53-49-,54-50-,65-61-,66-62-/t81-,82+,83+/m0/s1. The lowest BCUT2D eigenvalue weighted by Gasteiger charge is -2.21. The van der Waals surface area contributed by atoms with E-state index in [0.29, 0.717) is 38.5 Å². The number of aliphatic hydroxyl groups is 1. The molecule has 5 atom stereocenters. The zero-order valence-electron chi connectivity index (χ0n) is 66.8. The maximum Gasteiger partial charge on any atom is 0.472 e. The van der Waals surface area contributed by atoms with Crippen molar-refractivity contribution in [2.75, 3.05) is 39.6 Å². The van der Waals surface area contributed by atoms with Gasteiger partial charge in [-0.3, -0.25) is 37.3 Å². The smallest absolute Gasteiger partial charge is 0.462 e. The normalized spacial score (nSPS) is 14.4. The van der Waals surface area contributed by atoms with Gasteiger partial charge in [0.25, 0.3) is 0 Å². The highest BCUT2D eigenvalue weighted by Crippen LogP contribution is 2.45. The Kier molecular flexibility index (Phi) is 75.2. The minimum atomic E-state index is -5.00. The third kappa shape index (κ3) is 77.6. The van der Waals surface area contributed by atoms with E-state index in [1.54, 1.807) is 0 Å². The Labute approximate surface area is 644 Å². The molecule has 0 saturated heterocycles. The number of phosphoric acid groups is 2. The maximum atomic E-state index is 13.1. The molecular formula is C87H150O17P2. The van der Waals surface area contributed by atoms with Crippen LogP contribution in [0.5, 0.6) is 0 Å². The van der Waals surface area contributed by atoms with Crippen molar-refractivity contribution in [2.24, 2.45) is 0 Å². The Balaban J connectivity index is 5.48. The number of carbonyl (C=O) groups is 4. The summed E-state index contributed by atoms with van der Waals surface area (Å²) >= 11 is 0. The van der Waals surface area contributed by atoms with Gasteiger partial charge in [0.15, 0.2) is 12.2 Å². The fourth-order valence-corrected chi connectivity index (χ4v) is 12.6. The first kappa shape index (κ1) is 101. The lowest BCUT2D eigenvalue weighted by atomic mass is 10.0. The van der Waals surface area contributed by atoms with Crippen molar-refractivity contribution in [3.63, 3.8) is 0 Å². The highest BCUT2D eigenvalue weighted by molar-refractivity contribution is 7.47. The van der Waals surface area contributed by atoms with Gasteiger partial charge in [0.1, 0.15) is 19.3 Å². The van der Waals surface area contributed by atoms with Gasteiger partial charge in [-0.15, -0.1) is 0 Å². The molecule has 0 aliphatic carbocycles. The number of phosphoric ester groups is 2. The molecule has 0 saturated carbocycles. The van der Waals surface area contributed by atoms with Crippen LogP contribution in [0.2, 0.25) is 0 Å². The highest BCUT2D eigenvalue weighted by atomic mass is 31.2. The predicted molar refractivity (Wildman–Crippen MR) is 436 cm³/mol. The van der Waals surface area contributed by atoms with Crippen LogP contribution in [0.15, 0.2) is 122 Å². The van der Waals surface area contributed by atoms with Crippen molar-refractivity contribution < 1.29 is 80.2 Å². The first-order valence-electron chi connectivity index (χ1n) is 41.8. The molecule has 0 heterocycles. The number of esters is 4. The van der Waals surface area contributed by atoms with Gasteiger partial charge in [-0.05, 0) is 103 Å². The summed E-state index contributed by atoms with van der Waals surface area (Å²) < 4.78 is 68.5. The Bertz CT molecular complexity index is 2480. The van der Waals surface area contributed by atoms with Crippen LogP contribution in [-0.2, 0) is 65.4 Å². The summed E-state index contributed by atoms with van der Waals surface area (Å²) in [5.74, 6) is -2.35. The average molecular weight is 1530 g/mol. The molecular weight excluding hydrogens is 1380 g/mol. The number of aliphatic hydroxyl groups excluding tert-OH is 1. The first-order valence-corrected chi connectivity index (χ1v) is 44.8. The van der Waals surface area contributed by atoms with E-state index in [1.165, 1.54) is 154 Å².